The van der Waals surface area contributed by atoms with Crippen LogP contribution < -0.4 is 5.73 Å². The van der Waals surface area contributed by atoms with Crippen LogP contribution in [0.15, 0.2) is 12.1 Å². The van der Waals surface area contributed by atoms with Gasteiger partial charge in [-0.1, -0.05) is 19.9 Å². The molecule has 5 heteroatoms. The van der Waals surface area contributed by atoms with Crippen molar-refractivity contribution in [1.29, 1.82) is 0 Å². The lowest BCUT2D eigenvalue weighted by molar-refractivity contribution is 0.0135. The summed E-state index contributed by atoms with van der Waals surface area (Å²) in [4.78, 5) is 0. The first-order valence-electron chi connectivity index (χ1n) is 7.19. The largest absolute Gasteiger partial charge is 0.325 e. The third-order valence-corrected chi connectivity index (χ3v) is 3.49. The number of benzene rings is 1. The fraction of sp³-hybridized carbons (Fsp3) is 0.625. The summed E-state index contributed by atoms with van der Waals surface area (Å²) in [5, 5.41) is 0. The van der Waals surface area contributed by atoms with Gasteiger partial charge in [0.2, 0.25) is 0 Å². The van der Waals surface area contributed by atoms with E-state index in [2.05, 4.69) is 0 Å². The van der Waals surface area contributed by atoms with E-state index in [9.17, 15) is 17.6 Å². The Labute approximate surface area is 123 Å². The van der Waals surface area contributed by atoms with Crippen molar-refractivity contribution >= 4 is 0 Å². The van der Waals surface area contributed by atoms with Crippen molar-refractivity contribution in [3.63, 3.8) is 0 Å². The van der Waals surface area contributed by atoms with E-state index >= 15 is 0 Å². The SMILES string of the molecule is CC(C)c1cc(CCC[C@@H](N)CF)cc(C(C)(F)F)c1F. The molecule has 0 radical (unpaired) electrons. The minimum atomic E-state index is -3.22. The third kappa shape index (κ3) is 4.99. The standard InChI is InChI=1S/C16H23F4N/c1-10(2)13-7-11(5-4-6-12(21)9-17)8-14(15(13)18)16(3,19)20/h7-8,10,12H,4-6,9,21H2,1-3H3/t12-/m1/s1. The summed E-state index contributed by atoms with van der Waals surface area (Å²) in [5.74, 6) is -4.24. The lowest BCUT2D eigenvalue weighted by Crippen LogP contribution is -2.22. The summed E-state index contributed by atoms with van der Waals surface area (Å²) in [5.41, 5.74) is 5.84. The molecular formula is C16H23F4N. The molecule has 1 atom stereocenters. The normalized spacial score (nSPS) is 13.8. The molecule has 1 nitrogen and oxygen atoms in total. The van der Waals surface area contributed by atoms with Gasteiger partial charge in [0.15, 0.2) is 0 Å². The van der Waals surface area contributed by atoms with Crippen molar-refractivity contribution in [3.05, 3.63) is 34.6 Å². The number of rotatable bonds is 7. The zero-order chi connectivity index (χ0) is 16.2. The molecule has 1 aromatic rings. The number of alkyl halides is 3. The predicted molar refractivity (Wildman–Crippen MR) is 76.9 cm³/mol. The van der Waals surface area contributed by atoms with Crippen LogP contribution in [0.3, 0.4) is 0 Å². The molecule has 1 rings (SSSR count). The zero-order valence-corrected chi connectivity index (χ0v) is 12.7. The van der Waals surface area contributed by atoms with Crippen molar-refractivity contribution < 1.29 is 17.6 Å². The molecule has 0 fully saturated rings. The lowest BCUT2D eigenvalue weighted by atomic mass is 9.92. The Morgan fingerprint density at radius 3 is 2.33 bits per heavy atom. The van der Waals surface area contributed by atoms with Crippen LogP contribution in [0.25, 0.3) is 0 Å². The van der Waals surface area contributed by atoms with Crippen molar-refractivity contribution in [2.45, 2.75) is 57.9 Å². The van der Waals surface area contributed by atoms with Gasteiger partial charge in [0.25, 0.3) is 5.92 Å². The van der Waals surface area contributed by atoms with Gasteiger partial charge in [0, 0.05) is 13.0 Å². The van der Waals surface area contributed by atoms with Crippen LogP contribution in [-0.2, 0) is 12.3 Å². The summed E-state index contributed by atoms with van der Waals surface area (Å²) >= 11 is 0. The average Bonchev–Trinajstić information content (AvgIpc) is 2.38. The monoisotopic (exact) mass is 305 g/mol. The highest BCUT2D eigenvalue weighted by Gasteiger charge is 2.30. The number of aryl methyl sites for hydroxylation is 1. The number of hydrogen-bond donors (Lipinski definition) is 1. The maximum atomic E-state index is 14.2. The van der Waals surface area contributed by atoms with E-state index < -0.39 is 30.0 Å². The highest BCUT2D eigenvalue weighted by atomic mass is 19.3. The van der Waals surface area contributed by atoms with E-state index in [4.69, 9.17) is 5.73 Å². The van der Waals surface area contributed by atoms with E-state index in [1.807, 2.05) is 0 Å². The molecule has 0 amide bonds. The van der Waals surface area contributed by atoms with Gasteiger partial charge in [0.05, 0.1) is 5.56 Å². The molecule has 1 aromatic carbocycles. The zero-order valence-electron chi connectivity index (χ0n) is 12.7. The second-order valence-corrected chi connectivity index (χ2v) is 5.90. The fourth-order valence-corrected chi connectivity index (χ4v) is 2.24. The molecule has 120 valence electrons. The highest BCUT2D eigenvalue weighted by molar-refractivity contribution is 5.36. The number of halogens is 4. The topological polar surface area (TPSA) is 26.0 Å². The highest BCUT2D eigenvalue weighted by Crippen LogP contribution is 2.34. The maximum Gasteiger partial charge on any atom is 0.273 e. The van der Waals surface area contributed by atoms with Gasteiger partial charge in [-0.25, -0.2) is 17.6 Å². The summed E-state index contributed by atoms with van der Waals surface area (Å²) in [7, 11) is 0. The Balaban J connectivity index is 3.02. The van der Waals surface area contributed by atoms with Gasteiger partial charge < -0.3 is 5.73 Å². The minimum Gasteiger partial charge on any atom is -0.325 e. The first-order chi connectivity index (χ1) is 9.66. The average molecular weight is 305 g/mol. The van der Waals surface area contributed by atoms with Gasteiger partial charge in [-0.05, 0) is 42.4 Å². The summed E-state index contributed by atoms with van der Waals surface area (Å²) in [6.07, 6.45) is 1.54. The van der Waals surface area contributed by atoms with E-state index in [0.717, 1.165) is 0 Å². The molecule has 0 heterocycles. The Kier molecular flexibility index (Phi) is 6.20. The first-order valence-corrected chi connectivity index (χ1v) is 7.19. The van der Waals surface area contributed by atoms with Crippen LogP contribution in [0.1, 0.15) is 56.2 Å². The molecule has 2 N–H and O–H groups in total. The van der Waals surface area contributed by atoms with Crippen LogP contribution in [0, 0.1) is 5.82 Å². The Morgan fingerprint density at radius 2 is 1.86 bits per heavy atom. The summed E-state index contributed by atoms with van der Waals surface area (Å²) in [6, 6.07) is 2.31. The molecule has 0 aliphatic heterocycles. The second kappa shape index (κ2) is 7.25. The Morgan fingerprint density at radius 1 is 1.24 bits per heavy atom. The third-order valence-electron chi connectivity index (χ3n) is 3.49. The molecule has 0 aliphatic rings. The van der Waals surface area contributed by atoms with Crippen molar-refractivity contribution in [1.82, 2.24) is 0 Å². The smallest absolute Gasteiger partial charge is 0.273 e. The van der Waals surface area contributed by atoms with E-state index in [1.165, 1.54) is 6.07 Å². The molecule has 0 saturated carbocycles. The van der Waals surface area contributed by atoms with Crippen molar-refractivity contribution in [2.75, 3.05) is 6.67 Å². The van der Waals surface area contributed by atoms with Crippen LogP contribution >= 0.6 is 0 Å². The second-order valence-electron chi connectivity index (χ2n) is 5.90. The molecule has 0 aromatic heterocycles. The van der Waals surface area contributed by atoms with Gasteiger partial charge >= 0.3 is 0 Å². The van der Waals surface area contributed by atoms with Crippen LogP contribution in [0.2, 0.25) is 0 Å². The van der Waals surface area contributed by atoms with Crippen LogP contribution in [0.4, 0.5) is 17.6 Å². The quantitative estimate of drug-likeness (QED) is 0.727. The molecular weight excluding hydrogens is 282 g/mol. The molecule has 0 unspecified atom stereocenters. The van der Waals surface area contributed by atoms with Gasteiger partial charge in [-0.2, -0.15) is 0 Å². The van der Waals surface area contributed by atoms with E-state index in [1.54, 1.807) is 19.9 Å². The van der Waals surface area contributed by atoms with Crippen LogP contribution in [0.5, 0.6) is 0 Å². The van der Waals surface area contributed by atoms with Crippen molar-refractivity contribution in [3.8, 4) is 0 Å². The summed E-state index contributed by atoms with van der Waals surface area (Å²) < 4.78 is 53.5. The molecule has 21 heavy (non-hydrogen) atoms. The first kappa shape index (κ1) is 18.0. The number of nitrogens with two attached hydrogens (primary N) is 1. The van der Waals surface area contributed by atoms with Crippen molar-refractivity contribution in [2.24, 2.45) is 5.73 Å². The molecule has 0 bridgehead atoms. The van der Waals surface area contributed by atoms with Gasteiger partial charge in [-0.3, -0.25) is 0 Å². The fourth-order valence-electron chi connectivity index (χ4n) is 2.24. The minimum absolute atomic E-state index is 0.181. The summed E-state index contributed by atoms with van der Waals surface area (Å²) in [6.45, 7) is 3.62. The van der Waals surface area contributed by atoms with Gasteiger partial charge in [0.1, 0.15) is 12.5 Å². The Hall–Kier alpha value is -1.10. The van der Waals surface area contributed by atoms with Crippen LogP contribution in [-0.4, -0.2) is 12.7 Å². The van der Waals surface area contributed by atoms with E-state index in [-0.39, 0.29) is 5.92 Å². The maximum absolute atomic E-state index is 14.2. The molecule has 0 saturated heterocycles. The van der Waals surface area contributed by atoms with Gasteiger partial charge in [-0.15, -0.1) is 0 Å². The molecule has 0 aliphatic carbocycles. The van der Waals surface area contributed by atoms with E-state index in [0.29, 0.717) is 37.3 Å². The lowest BCUT2D eigenvalue weighted by Gasteiger charge is -2.18. The number of hydrogen-bond acceptors (Lipinski definition) is 1. The Bertz CT molecular complexity index is 466. The molecule has 0 spiro atoms. The predicted octanol–water partition coefficient (Wildman–Crippen LogP) is 4.68.